The van der Waals surface area contributed by atoms with Crippen LogP contribution in [0.15, 0.2) is 0 Å². The van der Waals surface area contributed by atoms with Crippen molar-refractivity contribution in [3.8, 4) is 0 Å². The van der Waals surface area contributed by atoms with Crippen molar-refractivity contribution in [1.82, 2.24) is 5.06 Å². The van der Waals surface area contributed by atoms with Gasteiger partial charge in [-0.3, -0.25) is 9.59 Å². The van der Waals surface area contributed by atoms with Gasteiger partial charge in [-0.25, -0.2) is 4.79 Å². The lowest BCUT2D eigenvalue weighted by atomic mass is 10.1. The quantitative estimate of drug-likeness (QED) is 0.555. The van der Waals surface area contributed by atoms with Gasteiger partial charge >= 0.3 is 5.97 Å². The number of amides is 2. The van der Waals surface area contributed by atoms with Crippen LogP contribution in [0.3, 0.4) is 0 Å². The summed E-state index contributed by atoms with van der Waals surface area (Å²) >= 11 is 0. The van der Waals surface area contributed by atoms with Crippen molar-refractivity contribution in [2.75, 3.05) is 19.8 Å². The number of carbonyl (C=O) groups excluding carboxylic acids is 3. The van der Waals surface area contributed by atoms with E-state index in [4.69, 9.17) is 20.0 Å². The van der Waals surface area contributed by atoms with Gasteiger partial charge in [0.05, 0.1) is 24.7 Å². The molecule has 0 spiro atoms. The summed E-state index contributed by atoms with van der Waals surface area (Å²) in [5.41, 5.74) is 5.10. The molecule has 1 atom stereocenters. The van der Waals surface area contributed by atoms with Gasteiger partial charge in [0.25, 0.3) is 11.8 Å². The zero-order valence-corrected chi connectivity index (χ0v) is 14.7. The molecule has 0 aromatic rings. The Hall–Kier alpha value is -1.51. The minimum atomic E-state index is -0.611. The zero-order chi connectivity index (χ0) is 18.2. The molecule has 0 aromatic carbocycles. The highest BCUT2D eigenvalue weighted by Gasteiger charge is 2.32. The van der Waals surface area contributed by atoms with Crippen molar-refractivity contribution in [2.24, 2.45) is 5.73 Å². The topological polar surface area (TPSA) is 108 Å². The summed E-state index contributed by atoms with van der Waals surface area (Å²) in [6.45, 7) is 7.27. The molecule has 1 fully saturated rings. The molecule has 0 aliphatic carbocycles. The fourth-order valence-corrected chi connectivity index (χ4v) is 2.12. The van der Waals surface area contributed by atoms with Crippen molar-refractivity contribution in [2.45, 2.75) is 64.6 Å². The highest BCUT2D eigenvalue weighted by molar-refractivity contribution is 6.01. The first kappa shape index (κ1) is 20.5. The number of hydrogen-bond donors (Lipinski definition) is 1. The van der Waals surface area contributed by atoms with Gasteiger partial charge in [-0.15, -0.1) is 5.06 Å². The van der Waals surface area contributed by atoms with Crippen LogP contribution in [0.1, 0.15) is 52.9 Å². The van der Waals surface area contributed by atoms with Crippen LogP contribution in [0.4, 0.5) is 0 Å². The molecular formula is C16H28N2O6. The molecule has 138 valence electrons. The average Bonchev–Trinajstić information content (AvgIpc) is 2.83. The second kappa shape index (κ2) is 9.71. The molecule has 1 saturated heterocycles. The van der Waals surface area contributed by atoms with E-state index in [0.29, 0.717) is 37.7 Å². The number of nitrogens with zero attached hydrogens (tertiary/aromatic N) is 1. The maximum absolute atomic E-state index is 11.7. The molecule has 0 saturated carbocycles. The minimum absolute atomic E-state index is 0.0747. The molecule has 8 nitrogen and oxygen atoms in total. The molecule has 2 N–H and O–H groups in total. The smallest absolute Gasteiger partial charge is 0.333 e. The molecule has 1 heterocycles. The third-order valence-corrected chi connectivity index (χ3v) is 3.67. The summed E-state index contributed by atoms with van der Waals surface area (Å²) in [5.74, 6) is -1.56. The first-order valence-electron chi connectivity index (χ1n) is 8.27. The average molecular weight is 344 g/mol. The van der Waals surface area contributed by atoms with Crippen molar-refractivity contribution in [3.05, 3.63) is 0 Å². The molecule has 1 aliphatic rings. The Labute approximate surface area is 142 Å². The normalized spacial score (nSPS) is 16.6. The SMILES string of the molecule is CC(CCC(=O)ON1C(=O)CCC1=O)OCCC(C)(C)OCCN. The summed E-state index contributed by atoms with van der Waals surface area (Å²) in [7, 11) is 0. The van der Waals surface area contributed by atoms with Crippen LogP contribution < -0.4 is 5.73 Å². The first-order chi connectivity index (χ1) is 11.2. The Bertz CT molecular complexity index is 436. The van der Waals surface area contributed by atoms with E-state index in [1.165, 1.54) is 0 Å². The van der Waals surface area contributed by atoms with Gasteiger partial charge in [-0.05, 0) is 33.6 Å². The monoisotopic (exact) mass is 344 g/mol. The van der Waals surface area contributed by atoms with Crippen LogP contribution in [0, 0.1) is 0 Å². The van der Waals surface area contributed by atoms with Gasteiger partial charge in [-0.1, -0.05) is 0 Å². The molecule has 1 aliphatic heterocycles. The van der Waals surface area contributed by atoms with Gasteiger partial charge in [0, 0.05) is 26.0 Å². The Morgan fingerprint density at radius 3 is 2.46 bits per heavy atom. The highest BCUT2D eigenvalue weighted by Crippen LogP contribution is 2.16. The maximum atomic E-state index is 11.7. The second-order valence-corrected chi connectivity index (χ2v) is 6.41. The molecule has 2 amide bonds. The number of ether oxygens (including phenoxy) is 2. The van der Waals surface area contributed by atoms with Crippen LogP contribution in [-0.4, -0.2) is 54.3 Å². The van der Waals surface area contributed by atoms with E-state index in [1.807, 2.05) is 20.8 Å². The van der Waals surface area contributed by atoms with Crippen LogP contribution in [0.5, 0.6) is 0 Å². The molecule has 0 radical (unpaired) electrons. The minimum Gasteiger partial charge on any atom is -0.378 e. The Morgan fingerprint density at radius 1 is 1.25 bits per heavy atom. The predicted octanol–water partition coefficient (Wildman–Crippen LogP) is 0.923. The third kappa shape index (κ3) is 7.37. The summed E-state index contributed by atoms with van der Waals surface area (Å²) in [4.78, 5) is 39.2. The predicted molar refractivity (Wildman–Crippen MR) is 85.5 cm³/mol. The standard InChI is InChI=1S/C16H28N2O6/c1-12(22-10-8-16(2,3)23-11-9-17)4-7-15(21)24-18-13(19)5-6-14(18)20/h12H,4-11,17H2,1-3H3. The van der Waals surface area contributed by atoms with Gasteiger partial charge in [0.1, 0.15) is 0 Å². The highest BCUT2D eigenvalue weighted by atomic mass is 16.7. The van der Waals surface area contributed by atoms with Crippen LogP contribution in [-0.2, 0) is 28.7 Å². The third-order valence-electron chi connectivity index (χ3n) is 3.67. The summed E-state index contributed by atoms with van der Waals surface area (Å²) in [6, 6.07) is 0. The van der Waals surface area contributed by atoms with E-state index in [0.717, 1.165) is 0 Å². The summed E-state index contributed by atoms with van der Waals surface area (Å²) in [6.07, 6.45) is 1.26. The fourth-order valence-electron chi connectivity index (χ4n) is 2.12. The van der Waals surface area contributed by atoms with Gasteiger partial charge in [-0.2, -0.15) is 0 Å². The van der Waals surface area contributed by atoms with E-state index >= 15 is 0 Å². The van der Waals surface area contributed by atoms with E-state index in [1.54, 1.807) is 0 Å². The van der Waals surface area contributed by atoms with E-state index in [-0.39, 0.29) is 31.0 Å². The van der Waals surface area contributed by atoms with Crippen LogP contribution in [0.25, 0.3) is 0 Å². The molecule has 0 aromatic heterocycles. The summed E-state index contributed by atoms with van der Waals surface area (Å²) in [5, 5.41) is 0.561. The maximum Gasteiger partial charge on any atom is 0.333 e. The van der Waals surface area contributed by atoms with Gasteiger partial charge in [0.2, 0.25) is 0 Å². The van der Waals surface area contributed by atoms with Gasteiger partial charge < -0.3 is 20.0 Å². The van der Waals surface area contributed by atoms with Crippen molar-refractivity contribution < 1.29 is 28.7 Å². The molecule has 24 heavy (non-hydrogen) atoms. The first-order valence-corrected chi connectivity index (χ1v) is 8.27. The lowest BCUT2D eigenvalue weighted by Crippen LogP contribution is -2.32. The molecule has 1 unspecified atom stereocenters. The molecule has 0 bridgehead atoms. The summed E-state index contributed by atoms with van der Waals surface area (Å²) < 4.78 is 11.3. The van der Waals surface area contributed by atoms with Gasteiger partial charge in [0.15, 0.2) is 0 Å². The Kier molecular flexibility index (Phi) is 8.30. The number of hydrogen-bond acceptors (Lipinski definition) is 7. The Morgan fingerprint density at radius 2 is 1.88 bits per heavy atom. The molecule has 1 rings (SSSR count). The number of hydroxylamine groups is 2. The van der Waals surface area contributed by atoms with E-state index in [2.05, 4.69) is 0 Å². The van der Waals surface area contributed by atoms with Crippen molar-refractivity contribution in [3.63, 3.8) is 0 Å². The van der Waals surface area contributed by atoms with Crippen LogP contribution in [0.2, 0.25) is 0 Å². The number of imide groups is 1. The number of rotatable bonds is 11. The number of carbonyl (C=O) groups is 3. The van der Waals surface area contributed by atoms with E-state index < -0.39 is 17.8 Å². The fraction of sp³-hybridized carbons (Fsp3) is 0.812. The van der Waals surface area contributed by atoms with E-state index in [9.17, 15) is 14.4 Å². The molecular weight excluding hydrogens is 316 g/mol. The lowest BCUT2D eigenvalue weighted by Gasteiger charge is -2.25. The van der Waals surface area contributed by atoms with Crippen molar-refractivity contribution >= 4 is 17.8 Å². The van der Waals surface area contributed by atoms with Crippen LogP contribution >= 0.6 is 0 Å². The zero-order valence-electron chi connectivity index (χ0n) is 14.7. The molecule has 8 heteroatoms. The second-order valence-electron chi connectivity index (χ2n) is 6.41. The number of nitrogens with two attached hydrogens (primary N) is 1. The lowest BCUT2D eigenvalue weighted by molar-refractivity contribution is -0.197. The Balaban J connectivity index is 2.19. The van der Waals surface area contributed by atoms with Crippen molar-refractivity contribution in [1.29, 1.82) is 0 Å². The largest absolute Gasteiger partial charge is 0.378 e.